The van der Waals surface area contributed by atoms with Gasteiger partial charge in [0.1, 0.15) is 0 Å². The smallest absolute Gasteiger partial charge is 0.311 e. The Balaban J connectivity index is 1.48. The van der Waals surface area contributed by atoms with Crippen molar-refractivity contribution in [3.05, 3.63) is 56.8 Å². The van der Waals surface area contributed by atoms with Gasteiger partial charge in [-0.3, -0.25) is 24.6 Å². The number of benzene rings is 1. The fourth-order valence-corrected chi connectivity index (χ4v) is 8.67. The van der Waals surface area contributed by atoms with Gasteiger partial charge in [0.15, 0.2) is 0 Å². The minimum atomic E-state index is -3.25. The van der Waals surface area contributed by atoms with Crippen LogP contribution in [0.5, 0.6) is 0 Å². The number of nitrogens with one attached hydrogen (secondary N) is 1. The van der Waals surface area contributed by atoms with E-state index >= 15 is 0 Å². The number of nitro groups is 1. The highest BCUT2D eigenvalue weighted by molar-refractivity contribution is 7.57. The molecule has 0 aromatic heterocycles. The highest BCUT2D eigenvalue weighted by Gasteiger charge is 2.41. The van der Waals surface area contributed by atoms with Crippen LogP contribution in [0.25, 0.3) is 6.08 Å². The fraction of sp³-hybridized carbons (Fsp3) is 0.593. The third kappa shape index (κ3) is 5.88. The Kier molecular flexibility index (Phi) is 8.63. The minimum absolute atomic E-state index is 0.0382. The fourth-order valence-electron chi connectivity index (χ4n) is 5.98. The van der Waals surface area contributed by atoms with Crippen LogP contribution in [-0.2, 0) is 14.1 Å². The molecule has 0 atom stereocenters. The van der Waals surface area contributed by atoms with Crippen LogP contribution in [-0.4, -0.2) is 77.6 Å². The maximum absolute atomic E-state index is 14.6. The van der Waals surface area contributed by atoms with Gasteiger partial charge in [0, 0.05) is 62.7 Å². The second kappa shape index (κ2) is 12.1. The minimum Gasteiger partial charge on any atom is -0.378 e. The molecule has 0 bridgehead atoms. The van der Waals surface area contributed by atoms with Crippen molar-refractivity contribution < 1.29 is 19.0 Å². The van der Waals surface area contributed by atoms with Crippen molar-refractivity contribution in [2.75, 3.05) is 52.5 Å². The van der Waals surface area contributed by atoms with Crippen molar-refractivity contribution in [1.82, 2.24) is 19.3 Å². The van der Waals surface area contributed by atoms with Crippen LogP contribution in [0.2, 0.25) is 0 Å². The predicted octanol–water partition coefficient (Wildman–Crippen LogP) is 4.55. The largest absolute Gasteiger partial charge is 0.378 e. The van der Waals surface area contributed by atoms with E-state index in [9.17, 15) is 19.5 Å². The number of nitro benzene ring substituents is 1. The number of piperidine rings is 2. The summed E-state index contributed by atoms with van der Waals surface area (Å²) in [6.45, 7) is 5.42. The normalized spacial score (nSPS) is 23.2. The lowest BCUT2D eigenvalue weighted by atomic mass is 10.1. The van der Waals surface area contributed by atoms with E-state index in [1.807, 2.05) is 21.5 Å². The van der Waals surface area contributed by atoms with Gasteiger partial charge in [0.05, 0.1) is 18.1 Å². The summed E-state index contributed by atoms with van der Waals surface area (Å²) in [7, 11) is -3.25. The highest BCUT2D eigenvalue weighted by atomic mass is 31.2. The molecule has 1 aromatic rings. The second-order valence-electron chi connectivity index (χ2n) is 10.5. The molecule has 3 heterocycles. The Hall–Kier alpha value is -2.52. The third-order valence-electron chi connectivity index (χ3n) is 7.94. The van der Waals surface area contributed by atoms with Gasteiger partial charge in [-0.2, -0.15) is 0 Å². The van der Waals surface area contributed by atoms with Crippen LogP contribution in [0.3, 0.4) is 0 Å². The number of non-ortho nitro benzene ring substituents is 1. The van der Waals surface area contributed by atoms with Crippen molar-refractivity contribution in [3.8, 4) is 0 Å². The molecule has 0 radical (unpaired) electrons. The third-order valence-corrected chi connectivity index (χ3v) is 10.8. The number of morpholine rings is 1. The summed E-state index contributed by atoms with van der Waals surface area (Å²) in [5.41, 5.74) is 3.26. The molecule has 11 heteroatoms. The van der Waals surface area contributed by atoms with E-state index in [-0.39, 0.29) is 11.6 Å². The number of allylic oxidation sites excluding steroid dienone is 1. The van der Waals surface area contributed by atoms with Gasteiger partial charge in [0.25, 0.3) is 11.6 Å². The Morgan fingerprint density at radius 2 is 1.58 bits per heavy atom. The summed E-state index contributed by atoms with van der Waals surface area (Å²) in [6, 6.07) is 6.56. The molecule has 38 heavy (non-hydrogen) atoms. The average Bonchev–Trinajstić information content (AvgIpc) is 3.38. The molecule has 10 nitrogen and oxygen atoms in total. The molecule has 3 aliphatic heterocycles. The first kappa shape index (κ1) is 27.1. The zero-order valence-electron chi connectivity index (χ0n) is 22.0. The zero-order valence-corrected chi connectivity index (χ0v) is 22.9. The van der Waals surface area contributed by atoms with E-state index in [1.54, 1.807) is 12.1 Å². The Bertz CT molecular complexity index is 1130. The van der Waals surface area contributed by atoms with Crippen molar-refractivity contribution in [3.63, 3.8) is 0 Å². The molecule has 4 aliphatic rings. The van der Waals surface area contributed by atoms with Crippen molar-refractivity contribution in [2.45, 2.75) is 51.4 Å². The van der Waals surface area contributed by atoms with Crippen LogP contribution in [0, 0.1) is 10.1 Å². The number of ether oxygens (including phenoxy) is 1. The van der Waals surface area contributed by atoms with Gasteiger partial charge in [-0.15, -0.1) is 0 Å². The molecular weight excluding hydrogens is 505 g/mol. The Morgan fingerprint density at radius 3 is 2.18 bits per heavy atom. The molecule has 1 aliphatic carbocycles. The maximum atomic E-state index is 14.6. The molecule has 3 fully saturated rings. The van der Waals surface area contributed by atoms with Crippen molar-refractivity contribution in [2.24, 2.45) is 0 Å². The lowest BCUT2D eigenvalue weighted by molar-refractivity contribution is -0.384. The molecule has 1 amide bonds. The number of amides is 1. The van der Waals surface area contributed by atoms with E-state index in [4.69, 9.17) is 4.74 Å². The summed E-state index contributed by atoms with van der Waals surface area (Å²) >= 11 is 0. The topological polar surface area (TPSA) is 108 Å². The van der Waals surface area contributed by atoms with E-state index in [0.29, 0.717) is 44.7 Å². The zero-order chi connectivity index (χ0) is 26.5. The van der Waals surface area contributed by atoms with Gasteiger partial charge >= 0.3 is 7.59 Å². The van der Waals surface area contributed by atoms with Crippen LogP contribution < -0.4 is 5.09 Å². The van der Waals surface area contributed by atoms with Gasteiger partial charge in [-0.1, -0.05) is 25.0 Å². The number of rotatable bonds is 7. The lowest BCUT2D eigenvalue weighted by Gasteiger charge is -2.42. The summed E-state index contributed by atoms with van der Waals surface area (Å²) in [5, 5.41) is 14.4. The first-order chi connectivity index (χ1) is 18.5. The van der Waals surface area contributed by atoms with Crippen LogP contribution >= 0.6 is 7.59 Å². The molecule has 5 rings (SSSR count). The number of hydrogen-bond donors (Lipinski definition) is 1. The van der Waals surface area contributed by atoms with Crippen molar-refractivity contribution >= 4 is 25.3 Å². The molecule has 1 aromatic carbocycles. The molecule has 0 unspecified atom stereocenters. The van der Waals surface area contributed by atoms with E-state index in [2.05, 4.69) is 9.99 Å². The maximum Gasteiger partial charge on any atom is 0.311 e. The lowest BCUT2D eigenvalue weighted by Crippen LogP contribution is -2.45. The summed E-state index contributed by atoms with van der Waals surface area (Å²) < 4.78 is 24.3. The van der Waals surface area contributed by atoms with Crippen LogP contribution in [0.1, 0.15) is 56.9 Å². The van der Waals surface area contributed by atoms with Gasteiger partial charge in [-0.05, 0) is 55.7 Å². The summed E-state index contributed by atoms with van der Waals surface area (Å²) in [4.78, 5) is 27.1. The van der Waals surface area contributed by atoms with Gasteiger partial charge in [-0.25, -0.2) is 9.34 Å². The first-order valence-electron chi connectivity index (χ1n) is 13.9. The summed E-state index contributed by atoms with van der Waals surface area (Å²) in [6.07, 6.45) is 9.36. The number of nitrogens with zero attached hydrogens (tertiary/aromatic N) is 4. The van der Waals surface area contributed by atoms with Gasteiger partial charge < -0.3 is 9.64 Å². The first-order valence-corrected chi connectivity index (χ1v) is 15.5. The standard InChI is InChI=1S/C27H38N5O5P/c33-27(28-38(36,30-12-3-1-4-13-30)31-14-5-2-6-15-31)25-11-10-23(26(25)29-16-18-37-19-17-29)20-22-8-7-9-24(21-22)32(34)35/h7-9,20-21H,1-6,10-19H2,(H,28,33,36)/b23-20+. The molecule has 0 saturated carbocycles. The number of carbonyl (C=O) groups excluding carboxylic acids is 1. The molecule has 3 saturated heterocycles. The van der Waals surface area contributed by atoms with E-state index in [1.165, 1.54) is 6.07 Å². The van der Waals surface area contributed by atoms with E-state index < -0.39 is 12.5 Å². The SMILES string of the molecule is O=C(NP(=O)(N1CCCCC1)N1CCCCC1)C1=C(N2CCOCC2)/C(=C/c2cccc([N+](=O)[O-])c2)CC1. The summed E-state index contributed by atoms with van der Waals surface area (Å²) in [5.74, 6) is -0.256. The Morgan fingerprint density at radius 1 is 0.947 bits per heavy atom. The number of hydrogen-bond acceptors (Lipinski definition) is 6. The molecule has 1 N–H and O–H groups in total. The number of carbonyl (C=O) groups is 1. The molecule has 0 spiro atoms. The van der Waals surface area contributed by atoms with Crippen molar-refractivity contribution in [1.29, 1.82) is 0 Å². The Labute approximate surface area is 224 Å². The van der Waals surface area contributed by atoms with Crippen LogP contribution in [0.15, 0.2) is 41.1 Å². The molecular formula is C27H38N5O5P. The molecule has 206 valence electrons. The average molecular weight is 544 g/mol. The second-order valence-corrected chi connectivity index (χ2v) is 12.9. The quantitative estimate of drug-likeness (QED) is 0.303. The van der Waals surface area contributed by atoms with E-state index in [0.717, 1.165) is 81.5 Å². The van der Waals surface area contributed by atoms with Gasteiger partial charge in [0.2, 0.25) is 0 Å². The predicted molar refractivity (Wildman–Crippen MR) is 146 cm³/mol. The monoisotopic (exact) mass is 543 g/mol. The highest BCUT2D eigenvalue weighted by Crippen LogP contribution is 2.52. The van der Waals surface area contributed by atoms with Crippen LogP contribution in [0.4, 0.5) is 5.69 Å².